The number of ether oxygens (including phenoxy) is 1. The summed E-state index contributed by atoms with van der Waals surface area (Å²) in [7, 11) is -4.88. The fourth-order valence-corrected chi connectivity index (χ4v) is 1.99. The Labute approximate surface area is 137 Å². The molecule has 0 bridgehead atoms. The highest BCUT2D eigenvalue weighted by Crippen LogP contribution is 2.35. The van der Waals surface area contributed by atoms with Gasteiger partial charge in [-0.3, -0.25) is 4.52 Å². The number of hydrogen-bond donors (Lipinski definition) is 6. The highest BCUT2D eigenvalue weighted by atomic mass is 31.2. The van der Waals surface area contributed by atoms with Crippen molar-refractivity contribution in [3.8, 4) is 0 Å². The summed E-state index contributed by atoms with van der Waals surface area (Å²) >= 11 is 0. The van der Waals surface area contributed by atoms with Gasteiger partial charge in [-0.1, -0.05) is 30.3 Å². The van der Waals surface area contributed by atoms with Crippen molar-refractivity contribution in [3.63, 3.8) is 0 Å². The molecule has 4 atom stereocenters. The van der Waals surface area contributed by atoms with E-state index in [2.05, 4.69) is 4.52 Å². The Hall–Kier alpha value is -1.36. The second kappa shape index (κ2) is 9.21. The number of esters is 1. The summed E-state index contributed by atoms with van der Waals surface area (Å²) in [5.41, 5.74) is 0.628. The molecule has 0 fully saturated rings. The molecule has 0 heterocycles. The highest BCUT2D eigenvalue weighted by Gasteiger charge is 2.36. The van der Waals surface area contributed by atoms with E-state index in [9.17, 15) is 29.8 Å². The van der Waals surface area contributed by atoms with Crippen LogP contribution in [0.4, 0.5) is 0 Å². The second-order valence-electron chi connectivity index (χ2n) is 4.87. The number of aliphatic hydroxyl groups excluding tert-OH is 4. The van der Waals surface area contributed by atoms with Crippen molar-refractivity contribution in [1.29, 1.82) is 0 Å². The van der Waals surface area contributed by atoms with Gasteiger partial charge in [0.2, 0.25) is 0 Å². The lowest BCUT2D eigenvalue weighted by Gasteiger charge is -2.25. The first-order valence-corrected chi connectivity index (χ1v) is 8.27. The zero-order chi connectivity index (χ0) is 18.3. The van der Waals surface area contributed by atoms with E-state index in [0.29, 0.717) is 5.56 Å². The van der Waals surface area contributed by atoms with Crippen molar-refractivity contribution >= 4 is 13.8 Å². The molecule has 24 heavy (non-hydrogen) atoms. The van der Waals surface area contributed by atoms with Crippen LogP contribution in [0.25, 0.3) is 0 Å². The van der Waals surface area contributed by atoms with Gasteiger partial charge in [-0.2, -0.15) is 0 Å². The van der Waals surface area contributed by atoms with Crippen LogP contribution in [0.1, 0.15) is 5.56 Å². The quantitative estimate of drug-likeness (QED) is 0.218. The van der Waals surface area contributed by atoms with Crippen LogP contribution in [0.5, 0.6) is 0 Å². The topological polar surface area (TPSA) is 174 Å². The number of carbonyl (C=O) groups is 1. The van der Waals surface area contributed by atoms with Crippen LogP contribution in [-0.4, -0.2) is 67.2 Å². The molecule has 1 aromatic carbocycles. The van der Waals surface area contributed by atoms with E-state index in [1.165, 1.54) is 0 Å². The second-order valence-corrected chi connectivity index (χ2v) is 6.11. The fourth-order valence-electron chi connectivity index (χ4n) is 1.64. The molecule has 11 heteroatoms. The van der Waals surface area contributed by atoms with Crippen LogP contribution in [0.15, 0.2) is 30.3 Å². The lowest BCUT2D eigenvalue weighted by Crippen LogP contribution is -2.49. The molecule has 0 aliphatic heterocycles. The van der Waals surface area contributed by atoms with Gasteiger partial charge in [0.05, 0.1) is 6.61 Å². The van der Waals surface area contributed by atoms with Gasteiger partial charge in [0, 0.05) is 0 Å². The predicted molar refractivity (Wildman–Crippen MR) is 78.3 cm³/mol. The summed E-state index contributed by atoms with van der Waals surface area (Å²) in [6.07, 6.45) is -8.38. The van der Waals surface area contributed by atoms with Crippen LogP contribution in [0, 0.1) is 0 Å². The lowest BCUT2D eigenvalue weighted by molar-refractivity contribution is -0.171. The molecule has 0 radical (unpaired) electrons. The molecule has 6 N–H and O–H groups in total. The van der Waals surface area contributed by atoms with E-state index in [1.807, 2.05) is 0 Å². The molecule has 10 nitrogen and oxygen atoms in total. The number of aliphatic hydroxyl groups is 4. The van der Waals surface area contributed by atoms with Gasteiger partial charge in [0.25, 0.3) is 0 Å². The minimum Gasteiger partial charge on any atom is -0.459 e. The maximum Gasteiger partial charge on any atom is 0.469 e. The molecule has 0 saturated carbocycles. The third-order valence-electron chi connectivity index (χ3n) is 2.95. The lowest BCUT2D eigenvalue weighted by atomic mass is 10.0. The average molecular weight is 366 g/mol. The molecule has 0 aliphatic rings. The number of carbonyl (C=O) groups excluding carboxylic acids is 1. The molecular weight excluding hydrogens is 347 g/mol. The molecule has 0 aliphatic carbocycles. The molecule has 0 spiro atoms. The van der Waals surface area contributed by atoms with E-state index in [-0.39, 0.29) is 6.61 Å². The van der Waals surface area contributed by atoms with Crippen LogP contribution in [-0.2, 0) is 25.2 Å². The first-order chi connectivity index (χ1) is 11.1. The van der Waals surface area contributed by atoms with Gasteiger partial charge < -0.3 is 34.9 Å². The molecular formula is C13H19O10P. The number of phosphoric ester groups is 1. The van der Waals surface area contributed by atoms with E-state index in [1.54, 1.807) is 30.3 Å². The van der Waals surface area contributed by atoms with Gasteiger partial charge in [0.15, 0.2) is 6.10 Å². The van der Waals surface area contributed by atoms with Crippen molar-refractivity contribution < 1.29 is 48.8 Å². The summed E-state index contributed by atoms with van der Waals surface area (Å²) in [6, 6.07) is 8.48. The first kappa shape index (κ1) is 20.7. The van der Waals surface area contributed by atoms with Gasteiger partial charge in [-0.15, -0.1) is 0 Å². The zero-order valence-electron chi connectivity index (χ0n) is 12.4. The Morgan fingerprint density at radius 3 is 2.17 bits per heavy atom. The maximum absolute atomic E-state index is 11.6. The highest BCUT2D eigenvalue weighted by molar-refractivity contribution is 7.46. The average Bonchev–Trinajstić information content (AvgIpc) is 2.55. The van der Waals surface area contributed by atoms with Gasteiger partial charge in [0.1, 0.15) is 24.9 Å². The Morgan fingerprint density at radius 2 is 1.62 bits per heavy atom. The van der Waals surface area contributed by atoms with Crippen LogP contribution in [0.2, 0.25) is 0 Å². The third-order valence-corrected chi connectivity index (χ3v) is 3.43. The summed E-state index contributed by atoms with van der Waals surface area (Å²) in [5.74, 6) is -1.24. The minimum atomic E-state index is -4.88. The van der Waals surface area contributed by atoms with E-state index < -0.39 is 44.8 Å². The summed E-state index contributed by atoms with van der Waals surface area (Å²) in [5, 5.41) is 38.3. The first-order valence-electron chi connectivity index (χ1n) is 6.74. The summed E-state index contributed by atoms with van der Waals surface area (Å²) in [6.45, 7) is -1.20. The minimum absolute atomic E-state index is 0.177. The van der Waals surface area contributed by atoms with Crippen LogP contribution in [0.3, 0.4) is 0 Å². The van der Waals surface area contributed by atoms with E-state index in [0.717, 1.165) is 0 Å². The largest absolute Gasteiger partial charge is 0.469 e. The smallest absolute Gasteiger partial charge is 0.459 e. The summed E-state index contributed by atoms with van der Waals surface area (Å²) < 4.78 is 19.2. The van der Waals surface area contributed by atoms with Crippen molar-refractivity contribution in [2.75, 3.05) is 6.61 Å². The van der Waals surface area contributed by atoms with Crippen molar-refractivity contribution in [2.45, 2.75) is 31.0 Å². The normalized spacial score (nSPS) is 16.9. The molecule has 0 saturated heterocycles. The van der Waals surface area contributed by atoms with Crippen molar-refractivity contribution in [2.24, 2.45) is 0 Å². The molecule has 0 aromatic heterocycles. The van der Waals surface area contributed by atoms with Crippen molar-refractivity contribution in [3.05, 3.63) is 35.9 Å². The maximum atomic E-state index is 11.6. The van der Waals surface area contributed by atoms with Crippen molar-refractivity contribution in [1.82, 2.24) is 0 Å². The number of benzene rings is 1. The molecule has 1 aromatic rings. The van der Waals surface area contributed by atoms with E-state index >= 15 is 0 Å². The number of hydrogen-bond acceptors (Lipinski definition) is 8. The molecule has 136 valence electrons. The zero-order valence-corrected chi connectivity index (χ0v) is 13.3. The number of rotatable bonds is 9. The summed E-state index contributed by atoms with van der Waals surface area (Å²) in [4.78, 5) is 28.6. The Bertz CT molecular complexity index is 559. The van der Waals surface area contributed by atoms with Gasteiger partial charge >= 0.3 is 13.8 Å². The molecule has 1 rings (SSSR count). The van der Waals surface area contributed by atoms with Crippen LogP contribution >= 0.6 is 7.82 Å². The Morgan fingerprint density at radius 1 is 1.04 bits per heavy atom. The number of phosphoric acid groups is 1. The van der Waals surface area contributed by atoms with Crippen LogP contribution < -0.4 is 0 Å². The van der Waals surface area contributed by atoms with Gasteiger partial charge in [-0.25, -0.2) is 9.36 Å². The fraction of sp³-hybridized carbons (Fsp3) is 0.462. The Kier molecular flexibility index (Phi) is 7.94. The Balaban J connectivity index is 2.50. The predicted octanol–water partition coefficient (Wildman–Crippen LogP) is -1.72. The van der Waals surface area contributed by atoms with Gasteiger partial charge in [-0.05, 0) is 5.56 Å². The third kappa shape index (κ3) is 7.04. The molecule has 0 amide bonds. The molecule has 4 unspecified atom stereocenters. The monoisotopic (exact) mass is 366 g/mol. The standard InChI is InChI=1S/C13H19O10P/c14-9(7-23-24(19,20)21)10(15)11(16)12(17)13(18)22-6-8-4-2-1-3-5-8/h1-5,9-12,14-17H,6-7H2,(H2,19,20,21). The SMILES string of the molecule is O=C(OCc1ccccc1)C(O)C(O)C(O)C(O)COP(=O)(O)O. The van der Waals surface area contributed by atoms with E-state index in [4.69, 9.17) is 14.5 Å².